The van der Waals surface area contributed by atoms with Crippen molar-refractivity contribution < 1.29 is 14.6 Å². The standard InChI is InChI=1S/C15H18N2O3/c1-17-12(6-7-16-17)3-4-13(18)11-2-5-14-15(10-11)20-9-8-19-14/h2,5-7,10,13,18H,3-4,8-9H2,1H3. The van der Waals surface area contributed by atoms with Crippen molar-refractivity contribution in [3.05, 3.63) is 41.7 Å². The van der Waals surface area contributed by atoms with E-state index in [0.29, 0.717) is 25.4 Å². The molecule has 20 heavy (non-hydrogen) atoms. The average Bonchev–Trinajstić information content (AvgIpc) is 2.89. The van der Waals surface area contributed by atoms with Crippen molar-refractivity contribution in [3.8, 4) is 11.5 Å². The maximum Gasteiger partial charge on any atom is 0.161 e. The fraction of sp³-hybridized carbons (Fsp3) is 0.400. The van der Waals surface area contributed by atoms with Crippen LogP contribution in [0.3, 0.4) is 0 Å². The van der Waals surface area contributed by atoms with Gasteiger partial charge in [0.05, 0.1) is 6.10 Å². The molecule has 0 saturated carbocycles. The van der Waals surface area contributed by atoms with Gasteiger partial charge in [0, 0.05) is 18.9 Å². The first-order valence-electron chi connectivity index (χ1n) is 6.78. The van der Waals surface area contributed by atoms with E-state index in [1.54, 1.807) is 6.20 Å². The van der Waals surface area contributed by atoms with Crippen LogP contribution in [0.2, 0.25) is 0 Å². The highest BCUT2D eigenvalue weighted by Crippen LogP contribution is 2.33. The van der Waals surface area contributed by atoms with Crippen LogP contribution >= 0.6 is 0 Å². The third-order valence-corrected chi connectivity index (χ3v) is 3.55. The van der Waals surface area contributed by atoms with Crippen LogP contribution < -0.4 is 9.47 Å². The number of ether oxygens (including phenoxy) is 2. The van der Waals surface area contributed by atoms with E-state index in [9.17, 15) is 5.11 Å². The SMILES string of the molecule is Cn1nccc1CCC(O)c1ccc2c(c1)OCCO2. The highest BCUT2D eigenvalue weighted by molar-refractivity contribution is 5.44. The van der Waals surface area contributed by atoms with Gasteiger partial charge in [-0.05, 0) is 36.6 Å². The molecule has 1 unspecified atom stereocenters. The summed E-state index contributed by atoms with van der Waals surface area (Å²) in [5, 5.41) is 14.4. The molecule has 106 valence electrons. The topological polar surface area (TPSA) is 56.5 Å². The van der Waals surface area contributed by atoms with Crippen molar-refractivity contribution in [1.82, 2.24) is 9.78 Å². The summed E-state index contributed by atoms with van der Waals surface area (Å²) >= 11 is 0. The van der Waals surface area contributed by atoms with E-state index in [-0.39, 0.29) is 0 Å². The Labute approximate surface area is 117 Å². The number of rotatable bonds is 4. The summed E-state index contributed by atoms with van der Waals surface area (Å²) < 4.78 is 12.8. The molecule has 0 fully saturated rings. The lowest BCUT2D eigenvalue weighted by Crippen LogP contribution is -2.15. The minimum Gasteiger partial charge on any atom is -0.486 e. The van der Waals surface area contributed by atoms with Gasteiger partial charge in [-0.1, -0.05) is 6.07 Å². The average molecular weight is 274 g/mol. The van der Waals surface area contributed by atoms with Crippen molar-refractivity contribution in [2.75, 3.05) is 13.2 Å². The van der Waals surface area contributed by atoms with Crippen molar-refractivity contribution in [2.45, 2.75) is 18.9 Å². The van der Waals surface area contributed by atoms with E-state index in [1.807, 2.05) is 36.0 Å². The Kier molecular flexibility index (Phi) is 3.60. The molecule has 0 saturated heterocycles. The third kappa shape index (κ3) is 2.63. The number of nitrogens with zero attached hydrogens (tertiary/aromatic N) is 2. The number of aromatic nitrogens is 2. The Morgan fingerprint density at radius 3 is 2.80 bits per heavy atom. The molecule has 5 nitrogen and oxygen atoms in total. The molecule has 1 aliphatic rings. The van der Waals surface area contributed by atoms with Crippen LogP contribution in [0.4, 0.5) is 0 Å². The summed E-state index contributed by atoms with van der Waals surface area (Å²) in [5.41, 5.74) is 1.97. The number of benzene rings is 1. The summed E-state index contributed by atoms with van der Waals surface area (Å²) in [6.45, 7) is 1.14. The number of aliphatic hydroxyl groups excluding tert-OH is 1. The molecular weight excluding hydrogens is 256 g/mol. The molecule has 5 heteroatoms. The van der Waals surface area contributed by atoms with Crippen LogP contribution in [-0.4, -0.2) is 28.1 Å². The second-order valence-corrected chi connectivity index (χ2v) is 4.90. The molecule has 2 heterocycles. The fourth-order valence-electron chi connectivity index (χ4n) is 2.37. The summed E-state index contributed by atoms with van der Waals surface area (Å²) in [6, 6.07) is 7.58. The van der Waals surface area contributed by atoms with Gasteiger partial charge < -0.3 is 14.6 Å². The van der Waals surface area contributed by atoms with Gasteiger partial charge >= 0.3 is 0 Å². The number of hydrogen-bond donors (Lipinski definition) is 1. The lowest BCUT2D eigenvalue weighted by molar-refractivity contribution is 0.159. The molecule has 0 aliphatic carbocycles. The van der Waals surface area contributed by atoms with E-state index in [1.165, 1.54) is 0 Å². The van der Waals surface area contributed by atoms with E-state index in [4.69, 9.17) is 9.47 Å². The zero-order valence-corrected chi connectivity index (χ0v) is 11.5. The van der Waals surface area contributed by atoms with E-state index in [0.717, 1.165) is 23.4 Å². The molecule has 1 aromatic heterocycles. The first kappa shape index (κ1) is 13.0. The van der Waals surface area contributed by atoms with Gasteiger partial charge in [-0.25, -0.2) is 0 Å². The lowest BCUT2D eigenvalue weighted by atomic mass is 10.0. The highest BCUT2D eigenvalue weighted by Gasteiger charge is 2.15. The summed E-state index contributed by atoms with van der Waals surface area (Å²) in [7, 11) is 1.91. The molecule has 1 N–H and O–H groups in total. The molecule has 0 radical (unpaired) electrons. The fourth-order valence-corrected chi connectivity index (χ4v) is 2.37. The normalized spacial score (nSPS) is 15.1. The van der Waals surface area contributed by atoms with Crippen LogP contribution in [0.15, 0.2) is 30.5 Å². The van der Waals surface area contributed by atoms with Crippen molar-refractivity contribution in [2.24, 2.45) is 7.05 Å². The zero-order chi connectivity index (χ0) is 13.9. The Morgan fingerprint density at radius 1 is 1.25 bits per heavy atom. The predicted octanol–water partition coefficient (Wildman–Crippen LogP) is 1.86. The van der Waals surface area contributed by atoms with Gasteiger partial charge in [-0.15, -0.1) is 0 Å². The van der Waals surface area contributed by atoms with Gasteiger partial charge in [-0.2, -0.15) is 5.10 Å². The van der Waals surface area contributed by atoms with E-state index < -0.39 is 6.10 Å². The van der Waals surface area contributed by atoms with Crippen LogP contribution in [-0.2, 0) is 13.5 Å². The number of fused-ring (bicyclic) bond motifs is 1. The largest absolute Gasteiger partial charge is 0.486 e. The predicted molar refractivity (Wildman–Crippen MR) is 73.9 cm³/mol. The maximum absolute atomic E-state index is 10.3. The van der Waals surface area contributed by atoms with Crippen molar-refractivity contribution >= 4 is 0 Å². The molecule has 2 aromatic rings. The molecule has 0 amide bonds. The lowest BCUT2D eigenvalue weighted by Gasteiger charge is -2.20. The van der Waals surface area contributed by atoms with Gasteiger partial charge in [0.25, 0.3) is 0 Å². The second kappa shape index (κ2) is 5.54. The van der Waals surface area contributed by atoms with Gasteiger partial charge in [-0.3, -0.25) is 4.68 Å². The Morgan fingerprint density at radius 2 is 2.05 bits per heavy atom. The molecule has 0 spiro atoms. The third-order valence-electron chi connectivity index (χ3n) is 3.55. The van der Waals surface area contributed by atoms with Crippen LogP contribution in [0, 0.1) is 0 Å². The first-order chi connectivity index (χ1) is 9.74. The smallest absolute Gasteiger partial charge is 0.161 e. The van der Waals surface area contributed by atoms with E-state index in [2.05, 4.69) is 5.10 Å². The molecule has 1 aromatic carbocycles. The molecule has 1 atom stereocenters. The van der Waals surface area contributed by atoms with Crippen LogP contribution in [0.5, 0.6) is 11.5 Å². The minimum absolute atomic E-state index is 0.513. The van der Waals surface area contributed by atoms with Crippen molar-refractivity contribution in [1.29, 1.82) is 0 Å². The number of aryl methyl sites for hydroxylation is 2. The number of hydrogen-bond acceptors (Lipinski definition) is 4. The first-order valence-corrected chi connectivity index (χ1v) is 6.78. The second-order valence-electron chi connectivity index (χ2n) is 4.90. The molecular formula is C15H18N2O3. The Bertz CT molecular complexity index is 595. The van der Waals surface area contributed by atoms with Gasteiger partial charge in [0.2, 0.25) is 0 Å². The van der Waals surface area contributed by atoms with Gasteiger partial charge in [0.15, 0.2) is 11.5 Å². The molecule has 0 bridgehead atoms. The molecule has 3 rings (SSSR count). The van der Waals surface area contributed by atoms with Gasteiger partial charge in [0.1, 0.15) is 13.2 Å². The zero-order valence-electron chi connectivity index (χ0n) is 11.5. The minimum atomic E-state index is -0.513. The Balaban J connectivity index is 1.67. The maximum atomic E-state index is 10.3. The van der Waals surface area contributed by atoms with Crippen molar-refractivity contribution in [3.63, 3.8) is 0 Å². The Hall–Kier alpha value is -2.01. The summed E-state index contributed by atoms with van der Waals surface area (Å²) in [6.07, 6.45) is 2.69. The monoisotopic (exact) mass is 274 g/mol. The summed E-state index contributed by atoms with van der Waals surface area (Å²) in [5.74, 6) is 1.46. The molecule has 1 aliphatic heterocycles. The number of aliphatic hydroxyl groups is 1. The van der Waals surface area contributed by atoms with Crippen LogP contribution in [0.1, 0.15) is 23.8 Å². The highest BCUT2D eigenvalue weighted by atomic mass is 16.6. The van der Waals surface area contributed by atoms with Crippen LogP contribution in [0.25, 0.3) is 0 Å². The van der Waals surface area contributed by atoms with E-state index >= 15 is 0 Å². The quantitative estimate of drug-likeness (QED) is 0.924. The summed E-state index contributed by atoms with van der Waals surface area (Å²) in [4.78, 5) is 0.